The van der Waals surface area contributed by atoms with E-state index in [2.05, 4.69) is 10.3 Å². The first kappa shape index (κ1) is 14.1. The molecule has 23 heavy (non-hydrogen) atoms. The zero-order valence-corrected chi connectivity index (χ0v) is 13.3. The molecule has 1 aromatic carbocycles. The van der Waals surface area contributed by atoms with Gasteiger partial charge in [0.05, 0.1) is 12.8 Å². The molecule has 2 aromatic heterocycles. The van der Waals surface area contributed by atoms with Crippen molar-refractivity contribution < 1.29 is 4.74 Å². The maximum atomic E-state index is 6.17. The van der Waals surface area contributed by atoms with Crippen LogP contribution in [0.5, 0.6) is 5.75 Å². The van der Waals surface area contributed by atoms with Crippen LogP contribution in [0.3, 0.4) is 0 Å². The SMILES string of the molecule is COc1ccc(Cl)cc1-n1nc(-c2ccccn2)c2c1NCC2. The highest BCUT2D eigenvalue weighted by molar-refractivity contribution is 6.30. The van der Waals surface area contributed by atoms with Crippen LogP contribution in [0.1, 0.15) is 5.56 Å². The number of fused-ring (bicyclic) bond motifs is 1. The molecule has 0 spiro atoms. The number of nitrogens with zero attached hydrogens (tertiary/aromatic N) is 3. The van der Waals surface area contributed by atoms with Gasteiger partial charge in [0.15, 0.2) is 0 Å². The number of benzene rings is 1. The number of methoxy groups -OCH3 is 1. The fourth-order valence-electron chi connectivity index (χ4n) is 2.89. The molecule has 6 heteroatoms. The van der Waals surface area contributed by atoms with Gasteiger partial charge in [-0.05, 0) is 36.8 Å². The van der Waals surface area contributed by atoms with Gasteiger partial charge in [0.1, 0.15) is 22.9 Å². The Labute approximate surface area is 138 Å². The van der Waals surface area contributed by atoms with Crippen LogP contribution in [0.25, 0.3) is 17.1 Å². The molecule has 0 radical (unpaired) electrons. The van der Waals surface area contributed by atoms with Gasteiger partial charge < -0.3 is 10.1 Å². The highest BCUT2D eigenvalue weighted by Gasteiger charge is 2.25. The maximum Gasteiger partial charge on any atom is 0.144 e. The molecule has 1 aliphatic rings. The van der Waals surface area contributed by atoms with Crippen LogP contribution >= 0.6 is 11.6 Å². The fraction of sp³-hybridized carbons (Fsp3) is 0.176. The van der Waals surface area contributed by atoms with E-state index in [1.807, 2.05) is 35.0 Å². The Balaban J connectivity index is 1.93. The Hall–Kier alpha value is -2.53. The summed E-state index contributed by atoms with van der Waals surface area (Å²) in [5.41, 5.74) is 3.75. The summed E-state index contributed by atoms with van der Waals surface area (Å²) < 4.78 is 7.32. The van der Waals surface area contributed by atoms with Gasteiger partial charge in [0.25, 0.3) is 0 Å². The smallest absolute Gasteiger partial charge is 0.144 e. The summed E-state index contributed by atoms with van der Waals surface area (Å²) in [6.07, 6.45) is 2.70. The highest BCUT2D eigenvalue weighted by Crippen LogP contribution is 2.36. The largest absolute Gasteiger partial charge is 0.494 e. The molecule has 0 unspecified atom stereocenters. The van der Waals surface area contributed by atoms with Crippen LogP contribution in [0.4, 0.5) is 5.82 Å². The van der Waals surface area contributed by atoms with Crippen LogP contribution in [-0.2, 0) is 6.42 Å². The van der Waals surface area contributed by atoms with Crippen molar-refractivity contribution in [1.82, 2.24) is 14.8 Å². The van der Waals surface area contributed by atoms with Crippen molar-refractivity contribution in [2.24, 2.45) is 0 Å². The molecule has 5 nitrogen and oxygen atoms in total. The molecule has 116 valence electrons. The summed E-state index contributed by atoms with van der Waals surface area (Å²) in [5, 5.41) is 8.82. The quantitative estimate of drug-likeness (QED) is 0.799. The molecule has 0 atom stereocenters. The summed E-state index contributed by atoms with van der Waals surface area (Å²) in [6, 6.07) is 11.4. The summed E-state index contributed by atoms with van der Waals surface area (Å²) in [6.45, 7) is 0.885. The van der Waals surface area contributed by atoms with Gasteiger partial charge in [0.2, 0.25) is 0 Å². The topological polar surface area (TPSA) is 52.0 Å². The van der Waals surface area contributed by atoms with E-state index in [4.69, 9.17) is 21.4 Å². The van der Waals surface area contributed by atoms with Gasteiger partial charge in [-0.15, -0.1) is 0 Å². The number of halogens is 1. The Bertz CT molecular complexity index is 861. The molecule has 0 saturated heterocycles. The minimum atomic E-state index is 0.641. The molecule has 4 rings (SSSR count). The van der Waals surface area contributed by atoms with Crippen LogP contribution in [0.15, 0.2) is 42.6 Å². The number of rotatable bonds is 3. The maximum absolute atomic E-state index is 6.17. The first-order valence-electron chi connectivity index (χ1n) is 7.39. The number of hydrogen-bond donors (Lipinski definition) is 1. The lowest BCUT2D eigenvalue weighted by Crippen LogP contribution is -2.06. The number of anilines is 1. The average molecular weight is 327 g/mol. The first-order valence-corrected chi connectivity index (χ1v) is 7.77. The second-order valence-electron chi connectivity index (χ2n) is 5.30. The number of nitrogens with one attached hydrogen (secondary N) is 1. The molecular weight excluding hydrogens is 312 g/mol. The van der Waals surface area contributed by atoms with Crippen molar-refractivity contribution in [1.29, 1.82) is 0 Å². The van der Waals surface area contributed by atoms with E-state index in [-0.39, 0.29) is 0 Å². The molecule has 0 saturated carbocycles. The van der Waals surface area contributed by atoms with Crippen LogP contribution < -0.4 is 10.1 Å². The zero-order chi connectivity index (χ0) is 15.8. The van der Waals surface area contributed by atoms with Crippen molar-refractivity contribution in [3.05, 3.63) is 53.2 Å². The highest BCUT2D eigenvalue weighted by atomic mass is 35.5. The van der Waals surface area contributed by atoms with Gasteiger partial charge in [-0.1, -0.05) is 17.7 Å². The summed E-state index contributed by atoms with van der Waals surface area (Å²) in [5.74, 6) is 1.70. The third kappa shape index (κ3) is 2.33. The van der Waals surface area contributed by atoms with Crippen LogP contribution in [0, 0.1) is 0 Å². The van der Waals surface area contributed by atoms with Crippen LogP contribution in [0.2, 0.25) is 5.02 Å². The molecular formula is C17H15ClN4O. The van der Waals surface area contributed by atoms with Crippen molar-refractivity contribution >= 4 is 17.4 Å². The van der Waals surface area contributed by atoms with E-state index >= 15 is 0 Å². The first-order chi connectivity index (χ1) is 11.3. The zero-order valence-electron chi connectivity index (χ0n) is 12.6. The van der Waals surface area contributed by atoms with Crippen molar-refractivity contribution in [2.75, 3.05) is 19.0 Å². The molecule has 3 aromatic rings. The Morgan fingerprint density at radius 3 is 2.96 bits per heavy atom. The molecule has 3 heterocycles. The normalized spacial score (nSPS) is 12.8. The van der Waals surface area contributed by atoms with Gasteiger partial charge in [-0.2, -0.15) is 5.10 Å². The number of pyridine rings is 1. The molecule has 1 N–H and O–H groups in total. The lowest BCUT2D eigenvalue weighted by atomic mass is 10.1. The third-order valence-electron chi connectivity index (χ3n) is 3.93. The van der Waals surface area contributed by atoms with Crippen LogP contribution in [-0.4, -0.2) is 28.4 Å². The van der Waals surface area contributed by atoms with E-state index in [1.165, 1.54) is 5.56 Å². The lowest BCUT2D eigenvalue weighted by Gasteiger charge is -2.11. The predicted molar refractivity (Wildman–Crippen MR) is 90.6 cm³/mol. The second-order valence-corrected chi connectivity index (χ2v) is 5.73. The number of ether oxygens (including phenoxy) is 1. The van der Waals surface area contributed by atoms with Gasteiger partial charge in [-0.3, -0.25) is 4.98 Å². The lowest BCUT2D eigenvalue weighted by molar-refractivity contribution is 0.412. The standard InChI is InChI=1S/C17H15ClN4O/c1-23-15-6-5-11(18)10-14(15)22-17-12(7-9-20-17)16(21-22)13-4-2-3-8-19-13/h2-6,8,10,20H,7,9H2,1H3. The van der Waals surface area contributed by atoms with E-state index < -0.39 is 0 Å². The number of hydrogen-bond acceptors (Lipinski definition) is 4. The minimum Gasteiger partial charge on any atom is -0.494 e. The van der Waals surface area contributed by atoms with E-state index in [9.17, 15) is 0 Å². The summed E-state index contributed by atoms with van der Waals surface area (Å²) in [7, 11) is 1.64. The Morgan fingerprint density at radius 2 is 2.17 bits per heavy atom. The molecule has 0 aliphatic carbocycles. The summed E-state index contributed by atoms with van der Waals surface area (Å²) in [4.78, 5) is 4.43. The number of aromatic nitrogens is 3. The average Bonchev–Trinajstić information content (AvgIpc) is 3.18. The fourth-order valence-corrected chi connectivity index (χ4v) is 3.05. The predicted octanol–water partition coefficient (Wildman–Crippen LogP) is 3.56. The third-order valence-corrected chi connectivity index (χ3v) is 4.16. The molecule has 1 aliphatic heterocycles. The molecule has 0 bridgehead atoms. The Kier molecular flexibility index (Phi) is 3.42. The molecule has 0 amide bonds. The Morgan fingerprint density at radius 1 is 1.26 bits per heavy atom. The van der Waals surface area contributed by atoms with Gasteiger partial charge in [-0.25, -0.2) is 4.68 Å². The van der Waals surface area contributed by atoms with Crippen molar-refractivity contribution in [2.45, 2.75) is 6.42 Å². The van der Waals surface area contributed by atoms with E-state index in [0.29, 0.717) is 5.02 Å². The molecule has 0 fully saturated rings. The van der Waals surface area contributed by atoms with E-state index in [1.54, 1.807) is 19.4 Å². The summed E-state index contributed by atoms with van der Waals surface area (Å²) >= 11 is 6.17. The van der Waals surface area contributed by atoms with Crippen molar-refractivity contribution in [3.63, 3.8) is 0 Å². The van der Waals surface area contributed by atoms with Gasteiger partial charge in [0, 0.05) is 23.3 Å². The monoisotopic (exact) mass is 326 g/mol. The minimum absolute atomic E-state index is 0.641. The van der Waals surface area contributed by atoms with Gasteiger partial charge >= 0.3 is 0 Å². The second kappa shape index (κ2) is 5.59. The van der Waals surface area contributed by atoms with E-state index in [0.717, 1.165) is 41.6 Å². The van der Waals surface area contributed by atoms with Crippen molar-refractivity contribution in [3.8, 4) is 22.8 Å².